The maximum Gasteiger partial charge on any atom is 0.168 e. The lowest BCUT2D eigenvalue weighted by atomic mass is 9.98. The van der Waals surface area contributed by atoms with Crippen molar-refractivity contribution in [2.24, 2.45) is 10.9 Å². The Hall–Kier alpha value is -0.480. The largest absolute Gasteiger partial charge is 0.325 e. The summed E-state index contributed by atoms with van der Waals surface area (Å²) in [4.78, 5) is 8.33. The van der Waals surface area contributed by atoms with E-state index in [0.29, 0.717) is 0 Å². The van der Waals surface area contributed by atoms with Gasteiger partial charge in [-0.2, -0.15) is 0 Å². The molecule has 1 N–H and O–H groups in total. The molecular formula is C10H15N3S. The number of piperidine rings is 1. The van der Waals surface area contributed by atoms with E-state index >= 15 is 0 Å². The summed E-state index contributed by atoms with van der Waals surface area (Å²) in [6.07, 6.45) is 4.91. The van der Waals surface area contributed by atoms with Crippen molar-refractivity contribution in [1.29, 1.82) is 0 Å². The molecule has 0 saturated carbocycles. The zero-order valence-electron chi connectivity index (χ0n) is 8.20. The van der Waals surface area contributed by atoms with Crippen molar-refractivity contribution in [3.05, 3.63) is 11.1 Å². The zero-order valence-corrected chi connectivity index (χ0v) is 9.02. The molecule has 0 atom stereocenters. The summed E-state index contributed by atoms with van der Waals surface area (Å²) in [7, 11) is 0. The minimum absolute atomic E-state index is 0.787. The topological polar surface area (TPSA) is 27.6 Å². The summed E-state index contributed by atoms with van der Waals surface area (Å²) in [5, 5.41) is 4.64. The number of nitrogens with one attached hydrogen (secondary N) is 1. The van der Waals surface area contributed by atoms with Gasteiger partial charge in [-0.3, -0.25) is 4.99 Å². The van der Waals surface area contributed by atoms with Crippen LogP contribution < -0.4 is 5.32 Å². The van der Waals surface area contributed by atoms with Crippen molar-refractivity contribution in [3.8, 4) is 0 Å². The van der Waals surface area contributed by atoms with E-state index in [1.165, 1.54) is 31.1 Å². The van der Waals surface area contributed by atoms with E-state index in [-0.39, 0.29) is 0 Å². The van der Waals surface area contributed by atoms with Crippen LogP contribution in [0, 0.1) is 5.92 Å². The molecule has 0 unspecified atom stereocenters. The number of thioether (sulfide) groups is 1. The number of aliphatic imine (C=N–C) groups is 1. The quantitative estimate of drug-likeness (QED) is 0.704. The molecule has 0 bridgehead atoms. The molecule has 3 aliphatic rings. The molecular weight excluding hydrogens is 194 g/mol. The van der Waals surface area contributed by atoms with Gasteiger partial charge in [-0.15, -0.1) is 0 Å². The van der Waals surface area contributed by atoms with Crippen LogP contribution in [0.5, 0.6) is 0 Å². The Kier molecular flexibility index (Phi) is 2.25. The van der Waals surface area contributed by atoms with E-state index in [1.807, 2.05) is 11.8 Å². The first-order valence-corrected chi connectivity index (χ1v) is 6.16. The molecule has 1 fully saturated rings. The second-order valence-corrected chi connectivity index (χ2v) is 5.06. The van der Waals surface area contributed by atoms with Gasteiger partial charge in [0.25, 0.3) is 0 Å². The van der Waals surface area contributed by atoms with Crippen LogP contribution in [-0.4, -0.2) is 36.2 Å². The predicted octanol–water partition coefficient (Wildman–Crippen LogP) is 1.25. The van der Waals surface area contributed by atoms with Gasteiger partial charge in [-0.05, 0) is 31.8 Å². The molecule has 1 saturated heterocycles. The van der Waals surface area contributed by atoms with Crippen LogP contribution >= 0.6 is 11.8 Å². The fourth-order valence-corrected chi connectivity index (χ4v) is 3.44. The van der Waals surface area contributed by atoms with Gasteiger partial charge in [-0.25, -0.2) is 0 Å². The molecule has 3 aliphatic heterocycles. The summed E-state index contributed by atoms with van der Waals surface area (Å²) in [5.41, 5.74) is 0. The van der Waals surface area contributed by atoms with E-state index in [2.05, 4.69) is 21.4 Å². The maximum absolute atomic E-state index is 4.48. The zero-order chi connectivity index (χ0) is 9.38. The Morgan fingerprint density at radius 2 is 2.29 bits per heavy atom. The fraction of sp³-hybridized carbons (Fsp3) is 0.700. The molecule has 0 radical (unpaired) electrons. The summed E-state index contributed by atoms with van der Waals surface area (Å²) < 4.78 is 0. The highest BCUT2D eigenvalue weighted by Crippen LogP contribution is 2.38. The van der Waals surface area contributed by atoms with E-state index in [0.717, 1.165) is 19.0 Å². The molecule has 0 aromatic rings. The monoisotopic (exact) mass is 209 g/mol. The van der Waals surface area contributed by atoms with Gasteiger partial charge < -0.3 is 10.2 Å². The molecule has 4 heteroatoms. The average molecular weight is 209 g/mol. The van der Waals surface area contributed by atoms with E-state index in [9.17, 15) is 0 Å². The first-order chi connectivity index (χ1) is 6.93. The fourth-order valence-electron chi connectivity index (χ4n) is 2.23. The minimum Gasteiger partial charge on any atom is -0.325 e. The van der Waals surface area contributed by atoms with Crippen molar-refractivity contribution < 1.29 is 0 Å². The van der Waals surface area contributed by atoms with Crippen molar-refractivity contribution >= 4 is 16.9 Å². The third-order valence-electron chi connectivity index (χ3n) is 3.07. The van der Waals surface area contributed by atoms with Crippen molar-refractivity contribution in [2.75, 3.05) is 26.2 Å². The molecule has 0 spiro atoms. The number of allylic oxidation sites excluding steroid dienone is 1. The Labute approximate surface area is 88.6 Å². The molecule has 0 aromatic carbocycles. The molecule has 3 nitrogen and oxygen atoms in total. The van der Waals surface area contributed by atoms with Crippen LogP contribution in [0.25, 0.3) is 0 Å². The smallest absolute Gasteiger partial charge is 0.168 e. The first kappa shape index (κ1) is 8.80. The van der Waals surface area contributed by atoms with Crippen LogP contribution in [0.4, 0.5) is 0 Å². The lowest BCUT2D eigenvalue weighted by Gasteiger charge is -2.22. The van der Waals surface area contributed by atoms with Crippen LogP contribution in [0.1, 0.15) is 12.8 Å². The number of hydrogen-bond donors (Lipinski definition) is 1. The van der Waals surface area contributed by atoms with E-state index in [4.69, 9.17) is 0 Å². The Morgan fingerprint density at radius 3 is 3.07 bits per heavy atom. The molecule has 3 heterocycles. The minimum atomic E-state index is 0.787. The molecule has 14 heavy (non-hydrogen) atoms. The van der Waals surface area contributed by atoms with Gasteiger partial charge in [0.1, 0.15) is 0 Å². The summed E-state index contributed by atoms with van der Waals surface area (Å²) in [6, 6.07) is 0. The number of fused-ring (bicyclic) bond motifs is 1. The Balaban J connectivity index is 1.71. The van der Waals surface area contributed by atoms with Gasteiger partial charge in [0.15, 0.2) is 5.17 Å². The van der Waals surface area contributed by atoms with Crippen LogP contribution in [0.2, 0.25) is 0 Å². The van der Waals surface area contributed by atoms with Crippen molar-refractivity contribution in [2.45, 2.75) is 12.8 Å². The van der Waals surface area contributed by atoms with Gasteiger partial charge >= 0.3 is 0 Å². The summed E-state index contributed by atoms with van der Waals surface area (Å²) in [5.74, 6) is 0.787. The van der Waals surface area contributed by atoms with Crippen LogP contribution in [0.3, 0.4) is 0 Å². The van der Waals surface area contributed by atoms with Gasteiger partial charge in [-0.1, -0.05) is 11.8 Å². The third-order valence-corrected chi connectivity index (χ3v) is 4.29. The van der Waals surface area contributed by atoms with Crippen molar-refractivity contribution in [1.82, 2.24) is 10.2 Å². The van der Waals surface area contributed by atoms with E-state index < -0.39 is 0 Å². The average Bonchev–Trinajstić information content (AvgIpc) is 2.78. The molecule has 0 amide bonds. The van der Waals surface area contributed by atoms with E-state index in [1.54, 1.807) is 4.91 Å². The highest BCUT2D eigenvalue weighted by Gasteiger charge is 2.29. The summed E-state index contributed by atoms with van der Waals surface area (Å²) >= 11 is 1.90. The lowest BCUT2D eigenvalue weighted by Crippen LogP contribution is -2.28. The second kappa shape index (κ2) is 3.59. The second-order valence-electron chi connectivity index (χ2n) is 4.02. The van der Waals surface area contributed by atoms with Gasteiger partial charge in [0.2, 0.25) is 0 Å². The highest BCUT2D eigenvalue weighted by molar-refractivity contribution is 8.17. The number of amidine groups is 1. The highest BCUT2D eigenvalue weighted by atomic mass is 32.2. The number of rotatable bonds is 1. The van der Waals surface area contributed by atoms with Crippen LogP contribution in [-0.2, 0) is 0 Å². The van der Waals surface area contributed by atoms with Crippen molar-refractivity contribution in [3.63, 3.8) is 0 Å². The predicted molar refractivity (Wildman–Crippen MR) is 60.3 cm³/mol. The number of hydrogen-bond acceptors (Lipinski definition) is 4. The first-order valence-electron chi connectivity index (χ1n) is 5.35. The Morgan fingerprint density at radius 1 is 1.43 bits per heavy atom. The van der Waals surface area contributed by atoms with Gasteiger partial charge in [0.05, 0.1) is 6.54 Å². The third kappa shape index (κ3) is 1.46. The molecule has 76 valence electrons. The van der Waals surface area contributed by atoms with Gasteiger partial charge in [0, 0.05) is 17.6 Å². The Bertz CT molecular complexity index is 292. The number of nitrogens with zero attached hydrogens (tertiary/aromatic N) is 2. The lowest BCUT2D eigenvalue weighted by molar-refractivity contribution is 0.429. The molecule has 0 aliphatic carbocycles. The van der Waals surface area contributed by atoms with Crippen LogP contribution in [0.15, 0.2) is 16.1 Å². The molecule has 0 aromatic heterocycles. The summed E-state index contributed by atoms with van der Waals surface area (Å²) in [6.45, 7) is 4.43. The SMILES string of the molecule is C1=C(C2CCNCC2)SC2=NCCN12. The standard InChI is InChI=1S/C10H15N3S/c1-3-11-4-2-8(1)9-7-13-6-5-12-10(13)14-9/h7-8,11H,1-6H2. The maximum atomic E-state index is 4.48. The molecule has 3 rings (SSSR count). The normalized spacial score (nSPS) is 27.6.